The van der Waals surface area contributed by atoms with Gasteiger partial charge >= 0.3 is 0 Å². The monoisotopic (exact) mass is 398 g/mol. The van der Waals surface area contributed by atoms with E-state index in [1.54, 1.807) is 12.1 Å². The van der Waals surface area contributed by atoms with Gasteiger partial charge in [-0.2, -0.15) is 0 Å². The highest BCUT2D eigenvalue weighted by Crippen LogP contribution is 2.27. The second kappa shape index (κ2) is 7.50. The van der Waals surface area contributed by atoms with Gasteiger partial charge in [0.05, 0.1) is 16.3 Å². The molecule has 0 aliphatic carbocycles. The van der Waals surface area contributed by atoms with Gasteiger partial charge in [-0.3, -0.25) is 4.79 Å². The third kappa shape index (κ3) is 3.58. The van der Waals surface area contributed by atoms with Crippen LogP contribution in [0.5, 0.6) is 0 Å². The van der Waals surface area contributed by atoms with Crippen LogP contribution in [0.1, 0.15) is 6.92 Å². The summed E-state index contributed by atoms with van der Waals surface area (Å²) in [6.45, 7) is 2.84. The van der Waals surface area contributed by atoms with Gasteiger partial charge in [0, 0.05) is 18.1 Å². The van der Waals surface area contributed by atoms with Crippen LogP contribution in [-0.4, -0.2) is 36.4 Å². The normalized spacial score (nSPS) is 11.2. The molecule has 0 bridgehead atoms. The first-order valence-corrected chi connectivity index (χ1v) is 9.68. The Morgan fingerprint density at radius 3 is 2.85 bits per heavy atom. The van der Waals surface area contributed by atoms with Crippen LogP contribution >= 0.6 is 23.4 Å². The van der Waals surface area contributed by atoms with Crippen molar-refractivity contribution in [2.24, 2.45) is 0 Å². The van der Waals surface area contributed by atoms with E-state index in [0.29, 0.717) is 16.0 Å². The Morgan fingerprint density at radius 2 is 2.07 bits per heavy atom. The van der Waals surface area contributed by atoms with Crippen LogP contribution in [0.25, 0.3) is 22.1 Å². The zero-order valence-corrected chi connectivity index (χ0v) is 16.0. The molecular weight excluding hydrogens is 384 g/mol. The van der Waals surface area contributed by atoms with E-state index in [-0.39, 0.29) is 11.7 Å². The quantitative estimate of drug-likeness (QED) is 0.515. The second-order valence-electron chi connectivity index (χ2n) is 5.73. The van der Waals surface area contributed by atoms with Crippen LogP contribution in [0.15, 0.2) is 47.8 Å². The smallest absolute Gasteiger partial charge is 0.236 e. The highest BCUT2D eigenvalue weighted by atomic mass is 35.5. The molecule has 1 aromatic carbocycles. The standard InChI is InChI=1S/C18H15ClN6OS/c1-2-25-13-6-4-3-5-12(13)16-17(25)22-18(24-23-16)27-10-15(26)21-14-8-7-11(19)9-20-14/h3-9H,2,10H2,1H3,(H,20,21,26). The Balaban J connectivity index is 1.53. The van der Waals surface area contributed by atoms with E-state index >= 15 is 0 Å². The molecule has 4 rings (SSSR count). The molecule has 0 atom stereocenters. The average molecular weight is 399 g/mol. The average Bonchev–Trinajstić information content (AvgIpc) is 3.01. The molecule has 0 spiro atoms. The number of hydrogen-bond acceptors (Lipinski definition) is 6. The lowest BCUT2D eigenvalue weighted by atomic mass is 10.2. The summed E-state index contributed by atoms with van der Waals surface area (Å²) in [6, 6.07) is 11.3. The minimum atomic E-state index is -0.199. The van der Waals surface area contributed by atoms with Crippen molar-refractivity contribution in [3.05, 3.63) is 47.6 Å². The fourth-order valence-electron chi connectivity index (χ4n) is 2.83. The molecule has 3 aromatic heterocycles. The number of hydrogen-bond donors (Lipinski definition) is 1. The molecule has 3 heterocycles. The number of aryl methyl sites for hydroxylation is 1. The van der Waals surface area contributed by atoms with E-state index in [0.717, 1.165) is 28.6 Å². The van der Waals surface area contributed by atoms with E-state index in [9.17, 15) is 4.79 Å². The molecule has 0 saturated carbocycles. The van der Waals surface area contributed by atoms with Crippen molar-refractivity contribution in [2.45, 2.75) is 18.6 Å². The van der Waals surface area contributed by atoms with Crippen molar-refractivity contribution in [3.63, 3.8) is 0 Å². The van der Waals surface area contributed by atoms with Gasteiger partial charge in [-0.1, -0.05) is 41.6 Å². The van der Waals surface area contributed by atoms with E-state index in [4.69, 9.17) is 11.6 Å². The summed E-state index contributed by atoms with van der Waals surface area (Å²) in [5.41, 5.74) is 2.62. The molecule has 0 aliphatic heterocycles. The number of carbonyl (C=O) groups excluding carboxylic acids is 1. The van der Waals surface area contributed by atoms with Crippen LogP contribution in [-0.2, 0) is 11.3 Å². The molecule has 0 aliphatic rings. The Hall–Kier alpha value is -2.71. The molecule has 0 unspecified atom stereocenters. The Labute approximate surface area is 164 Å². The summed E-state index contributed by atoms with van der Waals surface area (Å²) in [5.74, 6) is 0.407. The van der Waals surface area contributed by atoms with Crippen molar-refractivity contribution >= 4 is 57.2 Å². The minimum Gasteiger partial charge on any atom is -0.324 e. The Kier molecular flexibility index (Phi) is 4.91. The van der Waals surface area contributed by atoms with Gasteiger partial charge in [0.15, 0.2) is 5.65 Å². The highest BCUT2D eigenvalue weighted by molar-refractivity contribution is 7.99. The Morgan fingerprint density at radius 1 is 1.22 bits per heavy atom. The number of pyridine rings is 1. The van der Waals surface area contributed by atoms with E-state index < -0.39 is 0 Å². The fraction of sp³-hybridized carbons (Fsp3) is 0.167. The van der Waals surface area contributed by atoms with Gasteiger partial charge in [-0.15, -0.1) is 10.2 Å². The largest absolute Gasteiger partial charge is 0.324 e. The number of carbonyl (C=O) groups is 1. The first-order chi connectivity index (χ1) is 13.2. The summed E-state index contributed by atoms with van der Waals surface area (Å²) in [5, 5.41) is 13.2. The Bertz CT molecular complexity index is 1130. The van der Waals surface area contributed by atoms with E-state index in [2.05, 4.69) is 37.0 Å². The summed E-state index contributed by atoms with van der Waals surface area (Å²) < 4.78 is 2.10. The number of anilines is 1. The fourth-order valence-corrected chi connectivity index (χ4v) is 3.52. The number of fused-ring (bicyclic) bond motifs is 3. The van der Waals surface area contributed by atoms with Crippen molar-refractivity contribution in [2.75, 3.05) is 11.1 Å². The number of benzene rings is 1. The number of para-hydroxylation sites is 1. The molecule has 0 fully saturated rings. The van der Waals surface area contributed by atoms with Crippen molar-refractivity contribution in [1.82, 2.24) is 24.7 Å². The van der Waals surface area contributed by atoms with Gasteiger partial charge in [0.25, 0.3) is 0 Å². The van der Waals surface area contributed by atoms with Gasteiger partial charge in [0.2, 0.25) is 11.1 Å². The lowest BCUT2D eigenvalue weighted by Gasteiger charge is -2.04. The molecule has 4 aromatic rings. The molecule has 27 heavy (non-hydrogen) atoms. The van der Waals surface area contributed by atoms with E-state index in [1.807, 2.05) is 24.3 Å². The maximum absolute atomic E-state index is 12.1. The number of rotatable bonds is 5. The first kappa shape index (κ1) is 17.7. The third-order valence-electron chi connectivity index (χ3n) is 4.00. The lowest BCUT2D eigenvalue weighted by molar-refractivity contribution is -0.113. The minimum absolute atomic E-state index is 0.157. The van der Waals surface area contributed by atoms with Crippen LogP contribution in [0.3, 0.4) is 0 Å². The van der Waals surface area contributed by atoms with E-state index in [1.165, 1.54) is 18.0 Å². The van der Waals surface area contributed by atoms with Crippen LogP contribution in [0.4, 0.5) is 5.82 Å². The summed E-state index contributed by atoms with van der Waals surface area (Å²) >= 11 is 7.02. The SMILES string of the molecule is CCn1c2ccccc2c2nnc(SCC(=O)Nc3ccc(Cl)cn3)nc21. The molecule has 136 valence electrons. The van der Waals surface area contributed by atoms with Crippen molar-refractivity contribution < 1.29 is 4.79 Å². The van der Waals surface area contributed by atoms with Gasteiger partial charge in [-0.25, -0.2) is 9.97 Å². The lowest BCUT2D eigenvalue weighted by Crippen LogP contribution is -2.15. The number of amides is 1. The van der Waals surface area contributed by atoms with Crippen molar-refractivity contribution in [3.8, 4) is 0 Å². The molecule has 1 amide bonds. The summed E-state index contributed by atoms with van der Waals surface area (Å²) in [4.78, 5) is 20.8. The maximum atomic E-state index is 12.1. The van der Waals surface area contributed by atoms with Gasteiger partial charge in [0.1, 0.15) is 11.3 Å². The topological polar surface area (TPSA) is 85.6 Å². The molecule has 7 nitrogen and oxygen atoms in total. The number of nitrogens with zero attached hydrogens (tertiary/aromatic N) is 5. The highest BCUT2D eigenvalue weighted by Gasteiger charge is 2.14. The third-order valence-corrected chi connectivity index (χ3v) is 5.06. The zero-order valence-electron chi connectivity index (χ0n) is 14.4. The number of aromatic nitrogens is 5. The maximum Gasteiger partial charge on any atom is 0.236 e. The van der Waals surface area contributed by atoms with Gasteiger partial charge in [-0.05, 0) is 25.1 Å². The predicted molar refractivity (Wildman–Crippen MR) is 107 cm³/mol. The molecule has 0 saturated heterocycles. The molecule has 0 radical (unpaired) electrons. The zero-order chi connectivity index (χ0) is 18.8. The molecule has 9 heteroatoms. The first-order valence-electron chi connectivity index (χ1n) is 8.31. The van der Waals surface area contributed by atoms with Gasteiger partial charge < -0.3 is 9.88 Å². The molecular formula is C18H15ClN6OS. The number of halogens is 1. The number of nitrogens with one attached hydrogen (secondary N) is 1. The van der Waals surface area contributed by atoms with Crippen LogP contribution in [0, 0.1) is 0 Å². The predicted octanol–water partition coefficient (Wildman–Crippen LogP) is 3.78. The summed E-state index contributed by atoms with van der Waals surface area (Å²) in [7, 11) is 0. The number of thioether (sulfide) groups is 1. The second-order valence-corrected chi connectivity index (χ2v) is 7.11. The van der Waals surface area contributed by atoms with Crippen LogP contribution < -0.4 is 5.32 Å². The van der Waals surface area contributed by atoms with Crippen LogP contribution in [0.2, 0.25) is 5.02 Å². The van der Waals surface area contributed by atoms with Crippen molar-refractivity contribution in [1.29, 1.82) is 0 Å². The molecule has 1 N–H and O–H groups in total. The summed E-state index contributed by atoms with van der Waals surface area (Å²) in [6.07, 6.45) is 1.48.